The van der Waals surface area contributed by atoms with E-state index in [1.807, 2.05) is 0 Å². The number of morpholine rings is 1. The molecular formula is C13H28N2O2. The molecule has 4 heteroatoms. The predicted octanol–water partition coefficient (Wildman–Crippen LogP) is 0.848. The van der Waals surface area contributed by atoms with E-state index in [0.717, 1.165) is 39.2 Å². The number of hydrogen-bond acceptors (Lipinski definition) is 4. The lowest BCUT2D eigenvalue weighted by atomic mass is 9.97. The molecule has 17 heavy (non-hydrogen) atoms. The third kappa shape index (κ3) is 4.92. The van der Waals surface area contributed by atoms with Gasteiger partial charge in [-0.1, -0.05) is 6.92 Å². The Bertz CT molecular complexity index is 233. The molecule has 0 radical (unpaired) electrons. The van der Waals surface area contributed by atoms with Crippen molar-refractivity contribution in [2.45, 2.75) is 45.3 Å². The maximum atomic E-state index is 9.44. The van der Waals surface area contributed by atoms with Gasteiger partial charge in [-0.15, -0.1) is 0 Å². The van der Waals surface area contributed by atoms with Gasteiger partial charge >= 0.3 is 0 Å². The van der Waals surface area contributed by atoms with Crippen LogP contribution in [0.3, 0.4) is 0 Å². The van der Waals surface area contributed by atoms with Crippen molar-refractivity contribution in [3.8, 4) is 0 Å². The summed E-state index contributed by atoms with van der Waals surface area (Å²) in [5.74, 6) is 0. The van der Waals surface area contributed by atoms with E-state index in [1.54, 1.807) is 0 Å². The zero-order chi connectivity index (χ0) is 12.9. The van der Waals surface area contributed by atoms with E-state index in [1.165, 1.54) is 0 Å². The highest BCUT2D eigenvalue weighted by Gasteiger charge is 2.29. The summed E-state index contributed by atoms with van der Waals surface area (Å²) in [6, 6.07) is 0. The van der Waals surface area contributed by atoms with Crippen LogP contribution in [0.2, 0.25) is 0 Å². The first-order valence-corrected chi connectivity index (χ1v) is 6.63. The van der Waals surface area contributed by atoms with Crippen LogP contribution in [0.1, 0.15) is 34.1 Å². The molecule has 1 rings (SSSR count). The van der Waals surface area contributed by atoms with E-state index in [-0.39, 0.29) is 17.7 Å². The summed E-state index contributed by atoms with van der Waals surface area (Å²) in [7, 11) is 0. The van der Waals surface area contributed by atoms with Gasteiger partial charge in [0, 0.05) is 25.2 Å². The molecule has 0 aliphatic carbocycles. The van der Waals surface area contributed by atoms with Crippen LogP contribution in [-0.4, -0.2) is 60.5 Å². The van der Waals surface area contributed by atoms with Crippen molar-refractivity contribution in [3.63, 3.8) is 0 Å². The Morgan fingerprint density at radius 2 is 2.18 bits per heavy atom. The van der Waals surface area contributed by atoms with Crippen molar-refractivity contribution >= 4 is 0 Å². The number of ether oxygens (including phenoxy) is 1. The molecule has 1 heterocycles. The summed E-state index contributed by atoms with van der Waals surface area (Å²) in [5, 5.41) is 12.8. The Kier molecular flexibility index (Phi) is 5.38. The normalized spacial score (nSPS) is 24.5. The summed E-state index contributed by atoms with van der Waals surface area (Å²) >= 11 is 0. The Labute approximate surface area is 105 Å². The highest BCUT2D eigenvalue weighted by atomic mass is 16.5. The fraction of sp³-hybridized carbons (Fsp3) is 1.00. The second-order valence-corrected chi connectivity index (χ2v) is 5.88. The van der Waals surface area contributed by atoms with Gasteiger partial charge in [-0.25, -0.2) is 0 Å². The number of aliphatic hydroxyl groups is 1. The molecule has 1 unspecified atom stereocenters. The van der Waals surface area contributed by atoms with Gasteiger partial charge in [0.05, 0.1) is 18.8 Å². The predicted molar refractivity (Wildman–Crippen MR) is 70.3 cm³/mol. The lowest BCUT2D eigenvalue weighted by Gasteiger charge is -2.40. The molecule has 1 atom stereocenters. The van der Waals surface area contributed by atoms with Crippen LogP contribution in [0.25, 0.3) is 0 Å². The lowest BCUT2D eigenvalue weighted by molar-refractivity contribution is -0.0875. The number of nitrogens with zero attached hydrogens (tertiary/aromatic N) is 1. The molecule has 0 saturated carbocycles. The SMILES string of the molecule is CCNC(C)(CO)CCN1CCOC(C)(C)C1. The van der Waals surface area contributed by atoms with Gasteiger partial charge in [-0.05, 0) is 33.7 Å². The van der Waals surface area contributed by atoms with Crippen LogP contribution in [0.15, 0.2) is 0 Å². The van der Waals surface area contributed by atoms with Crippen LogP contribution in [-0.2, 0) is 4.74 Å². The van der Waals surface area contributed by atoms with E-state index >= 15 is 0 Å². The summed E-state index contributed by atoms with van der Waals surface area (Å²) in [6.07, 6.45) is 0.966. The molecule has 1 aliphatic rings. The van der Waals surface area contributed by atoms with Crippen LogP contribution < -0.4 is 5.32 Å². The molecule has 1 saturated heterocycles. The quantitative estimate of drug-likeness (QED) is 0.727. The van der Waals surface area contributed by atoms with Gasteiger partial charge in [-0.3, -0.25) is 4.90 Å². The molecule has 0 aromatic heterocycles. The molecular weight excluding hydrogens is 216 g/mol. The lowest BCUT2D eigenvalue weighted by Crippen LogP contribution is -2.52. The van der Waals surface area contributed by atoms with E-state index in [2.05, 4.69) is 37.9 Å². The number of nitrogens with one attached hydrogen (secondary N) is 1. The first-order valence-electron chi connectivity index (χ1n) is 6.63. The Morgan fingerprint density at radius 3 is 2.71 bits per heavy atom. The number of likely N-dealkylation sites (N-methyl/N-ethyl adjacent to an activating group) is 1. The molecule has 1 aliphatic heterocycles. The van der Waals surface area contributed by atoms with Crippen molar-refractivity contribution in [2.24, 2.45) is 0 Å². The van der Waals surface area contributed by atoms with Crippen LogP contribution >= 0.6 is 0 Å². The summed E-state index contributed by atoms with van der Waals surface area (Å²) in [5.41, 5.74) is -0.191. The first-order chi connectivity index (χ1) is 7.91. The molecule has 1 fully saturated rings. The van der Waals surface area contributed by atoms with Crippen molar-refractivity contribution in [1.82, 2.24) is 10.2 Å². The number of hydrogen-bond donors (Lipinski definition) is 2. The third-order valence-corrected chi connectivity index (χ3v) is 3.44. The largest absolute Gasteiger partial charge is 0.394 e. The minimum atomic E-state index is -0.156. The van der Waals surface area contributed by atoms with Gasteiger partial charge in [0.25, 0.3) is 0 Å². The van der Waals surface area contributed by atoms with Crippen LogP contribution in [0.5, 0.6) is 0 Å². The molecule has 4 nitrogen and oxygen atoms in total. The maximum Gasteiger partial charge on any atom is 0.0753 e. The Hall–Kier alpha value is -0.160. The van der Waals surface area contributed by atoms with Gasteiger partial charge in [-0.2, -0.15) is 0 Å². The maximum absolute atomic E-state index is 9.44. The highest BCUT2D eigenvalue weighted by molar-refractivity contribution is 4.85. The van der Waals surface area contributed by atoms with Crippen LogP contribution in [0.4, 0.5) is 0 Å². The second-order valence-electron chi connectivity index (χ2n) is 5.88. The van der Waals surface area contributed by atoms with Crippen molar-refractivity contribution < 1.29 is 9.84 Å². The Balaban J connectivity index is 2.38. The minimum absolute atomic E-state index is 0.0357. The van der Waals surface area contributed by atoms with Gasteiger partial charge in [0.15, 0.2) is 0 Å². The Morgan fingerprint density at radius 1 is 1.47 bits per heavy atom. The number of aliphatic hydroxyl groups excluding tert-OH is 1. The summed E-state index contributed by atoms with van der Waals surface area (Å²) in [4.78, 5) is 2.43. The van der Waals surface area contributed by atoms with E-state index < -0.39 is 0 Å². The van der Waals surface area contributed by atoms with Gasteiger partial charge in [0.1, 0.15) is 0 Å². The van der Waals surface area contributed by atoms with Crippen molar-refractivity contribution in [1.29, 1.82) is 0 Å². The fourth-order valence-electron chi connectivity index (χ4n) is 2.36. The fourth-order valence-corrected chi connectivity index (χ4v) is 2.36. The van der Waals surface area contributed by atoms with E-state index in [4.69, 9.17) is 4.74 Å². The second kappa shape index (κ2) is 6.14. The topological polar surface area (TPSA) is 44.7 Å². The first kappa shape index (κ1) is 14.9. The molecule has 0 aromatic rings. The van der Waals surface area contributed by atoms with E-state index in [0.29, 0.717) is 0 Å². The monoisotopic (exact) mass is 244 g/mol. The molecule has 0 aromatic carbocycles. The van der Waals surface area contributed by atoms with Gasteiger partial charge < -0.3 is 15.2 Å². The summed E-state index contributed by atoms with van der Waals surface area (Å²) in [6.45, 7) is 13.3. The molecule has 0 bridgehead atoms. The van der Waals surface area contributed by atoms with Gasteiger partial charge in [0.2, 0.25) is 0 Å². The van der Waals surface area contributed by atoms with Crippen molar-refractivity contribution in [3.05, 3.63) is 0 Å². The third-order valence-electron chi connectivity index (χ3n) is 3.44. The smallest absolute Gasteiger partial charge is 0.0753 e. The van der Waals surface area contributed by atoms with E-state index in [9.17, 15) is 5.11 Å². The number of rotatable bonds is 6. The zero-order valence-electron chi connectivity index (χ0n) is 11.8. The standard InChI is InChI=1S/C13H28N2O2/c1-5-14-13(4,11-16)6-7-15-8-9-17-12(2,3)10-15/h14,16H,5-11H2,1-4H3. The summed E-state index contributed by atoms with van der Waals surface area (Å²) < 4.78 is 5.69. The minimum Gasteiger partial charge on any atom is -0.394 e. The average Bonchev–Trinajstić information content (AvgIpc) is 2.26. The molecule has 102 valence electrons. The van der Waals surface area contributed by atoms with Crippen molar-refractivity contribution in [2.75, 3.05) is 39.4 Å². The zero-order valence-corrected chi connectivity index (χ0v) is 11.8. The average molecular weight is 244 g/mol. The molecule has 0 amide bonds. The highest BCUT2D eigenvalue weighted by Crippen LogP contribution is 2.18. The molecule has 0 spiro atoms. The molecule has 2 N–H and O–H groups in total. The van der Waals surface area contributed by atoms with Crippen LogP contribution in [0, 0.1) is 0 Å².